The molecule has 1 aromatic heterocycles. The minimum atomic E-state index is -1.20. The van der Waals surface area contributed by atoms with Crippen molar-refractivity contribution in [3.05, 3.63) is 6.20 Å². The number of hydrogen-bond donors (Lipinski definition) is 1. The predicted octanol–water partition coefficient (Wildman–Crippen LogP) is 0.514. The van der Waals surface area contributed by atoms with Gasteiger partial charge in [0.2, 0.25) is 4.84 Å². The summed E-state index contributed by atoms with van der Waals surface area (Å²) in [7, 11) is 0. The summed E-state index contributed by atoms with van der Waals surface area (Å²) in [6.45, 7) is 0. The summed E-state index contributed by atoms with van der Waals surface area (Å²) in [6, 6.07) is 0. The summed E-state index contributed by atoms with van der Waals surface area (Å²) in [5.41, 5.74) is 0. The van der Waals surface area contributed by atoms with Gasteiger partial charge < -0.3 is 4.74 Å². The molecule has 0 bridgehead atoms. The van der Waals surface area contributed by atoms with Crippen LogP contribution in [0.3, 0.4) is 0 Å². The number of halogens is 2. The van der Waals surface area contributed by atoms with Crippen LogP contribution in [0.25, 0.3) is 0 Å². The van der Waals surface area contributed by atoms with Crippen molar-refractivity contribution in [1.82, 2.24) is 15.4 Å². The number of ether oxygens (including phenoxy) is 1. The van der Waals surface area contributed by atoms with E-state index >= 15 is 0 Å². The maximum absolute atomic E-state index is 10.6. The molecule has 0 unspecified atom stereocenters. The first-order valence-corrected chi connectivity index (χ1v) is 3.43. The van der Waals surface area contributed by atoms with Crippen molar-refractivity contribution in [2.45, 2.75) is 4.84 Å². The average molecular weight is 196 g/mol. The van der Waals surface area contributed by atoms with Gasteiger partial charge in [0.1, 0.15) is 6.20 Å². The topological polar surface area (TPSA) is 67.9 Å². The second-order valence-corrected chi connectivity index (χ2v) is 2.63. The lowest BCUT2D eigenvalue weighted by Crippen LogP contribution is -2.15. The van der Waals surface area contributed by atoms with E-state index in [0.717, 1.165) is 0 Å². The summed E-state index contributed by atoms with van der Waals surface area (Å²) in [6.07, 6.45) is 1.23. The first-order chi connectivity index (χ1) is 5.20. The minimum Gasteiger partial charge on any atom is -0.402 e. The highest BCUT2D eigenvalue weighted by molar-refractivity contribution is 6.53. The summed E-state index contributed by atoms with van der Waals surface area (Å²) in [5.74, 6) is -0.733. The fourth-order valence-corrected chi connectivity index (χ4v) is 0.477. The zero-order chi connectivity index (χ0) is 8.27. The van der Waals surface area contributed by atoms with Gasteiger partial charge >= 0.3 is 5.97 Å². The van der Waals surface area contributed by atoms with Crippen molar-refractivity contribution in [1.29, 1.82) is 0 Å². The Bertz CT molecular complexity index is 235. The van der Waals surface area contributed by atoms with E-state index in [2.05, 4.69) is 20.1 Å². The molecule has 0 fully saturated rings. The third-order valence-electron chi connectivity index (χ3n) is 0.776. The van der Waals surface area contributed by atoms with Crippen LogP contribution >= 0.6 is 23.2 Å². The minimum absolute atomic E-state index is 0.0429. The molecule has 0 saturated heterocycles. The standard InChI is InChI=1S/C4H3Cl2N3O2/c5-3(6)4(10)11-2-1-7-9-8-2/h1,3H,(H,7,8,9). The van der Waals surface area contributed by atoms with Gasteiger partial charge in [0.25, 0.3) is 5.88 Å². The Hall–Kier alpha value is -0.810. The Morgan fingerprint density at radius 1 is 1.73 bits per heavy atom. The SMILES string of the molecule is O=C(Oc1cn[nH]n1)C(Cl)Cl. The number of aromatic nitrogens is 3. The van der Waals surface area contributed by atoms with Crippen LogP contribution in [0.15, 0.2) is 6.20 Å². The molecule has 0 spiro atoms. The van der Waals surface area contributed by atoms with Crippen molar-refractivity contribution in [3.8, 4) is 5.88 Å². The average Bonchev–Trinajstić information content (AvgIpc) is 2.39. The summed E-state index contributed by atoms with van der Waals surface area (Å²) >= 11 is 10.4. The molecule has 1 heterocycles. The van der Waals surface area contributed by atoms with Crippen LogP contribution in [0.4, 0.5) is 0 Å². The highest BCUT2D eigenvalue weighted by Gasteiger charge is 2.14. The van der Waals surface area contributed by atoms with E-state index in [0.29, 0.717) is 0 Å². The maximum Gasteiger partial charge on any atom is 0.346 e. The van der Waals surface area contributed by atoms with Gasteiger partial charge in [-0.1, -0.05) is 23.2 Å². The molecule has 0 aliphatic heterocycles. The fourth-order valence-electron chi connectivity index (χ4n) is 0.388. The van der Waals surface area contributed by atoms with Crippen LogP contribution in [0, 0.1) is 0 Å². The number of carbonyl (C=O) groups excluding carboxylic acids is 1. The smallest absolute Gasteiger partial charge is 0.346 e. The number of rotatable bonds is 2. The van der Waals surface area contributed by atoms with Gasteiger partial charge in [0, 0.05) is 0 Å². The Kier molecular flexibility index (Phi) is 2.67. The van der Waals surface area contributed by atoms with E-state index in [1.165, 1.54) is 6.20 Å². The molecule has 1 rings (SSSR count). The number of carbonyl (C=O) groups is 1. The Labute approximate surface area is 71.6 Å². The summed E-state index contributed by atoms with van der Waals surface area (Å²) < 4.78 is 4.51. The monoisotopic (exact) mass is 195 g/mol. The van der Waals surface area contributed by atoms with Crippen LogP contribution in [-0.4, -0.2) is 26.2 Å². The van der Waals surface area contributed by atoms with E-state index < -0.39 is 10.8 Å². The van der Waals surface area contributed by atoms with Crippen LogP contribution in [-0.2, 0) is 4.79 Å². The van der Waals surface area contributed by atoms with Crippen LogP contribution < -0.4 is 4.74 Å². The molecule has 0 amide bonds. The molecule has 1 N–H and O–H groups in total. The largest absolute Gasteiger partial charge is 0.402 e. The van der Waals surface area contributed by atoms with Gasteiger partial charge in [-0.25, -0.2) is 4.79 Å². The third-order valence-corrected chi connectivity index (χ3v) is 1.13. The molecule has 0 aliphatic rings. The van der Waals surface area contributed by atoms with Crippen LogP contribution in [0.5, 0.6) is 5.88 Å². The lowest BCUT2D eigenvalue weighted by atomic mass is 10.7. The van der Waals surface area contributed by atoms with Gasteiger partial charge in [-0.3, -0.25) is 0 Å². The summed E-state index contributed by atoms with van der Waals surface area (Å²) in [5, 5.41) is 9.09. The highest BCUT2D eigenvalue weighted by atomic mass is 35.5. The van der Waals surface area contributed by atoms with Crippen LogP contribution in [0.1, 0.15) is 0 Å². The van der Waals surface area contributed by atoms with Gasteiger partial charge in [-0.2, -0.15) is 10.3 Å². The zero-order valence-electron chi connectivity index (χ0n) is 5.12. The molecule has 60 valence electrons. The van der Waals surface area contributed by atoms with Gasteiger partial charge in [0.05, 0.1) is 0 Å². The number of H-pyrrole nitrogens is 1. The highest BCUT2D eigenvalue weighted by Crippen LogP contribution is 2.07. The number of hydrogen-bond acceptors (Lipinski definition) is 4. The second-order valence-electron chi connectivity index (χ2n) is 1.53. The molecule has 0 aromatic carbocycles. The Morgan fingerprint density at radius 3 is 2.91 bits per heavy atom. The molecule has 7 heteroatoms. The van der Waals surface area contributed by atoms with E-state index in [9.17, 15) is 4.79 Å². The number of nitrogens with one attached hydrogen (secondary N) is 1. The number of nitrogens with zero attached hydrogens (tertiary/aromatic N) is 2. The third kappa shape index (κ3) is 2.36. The summed E-state index contributed by atoms with van der Waals surface area (Å²) in [4.78, 5) is 9.44. The Balaban J connectivity index is 2.50. The van der Waals surface area contributed by atoms with Crippen molar-refractivity contribution in [2.24, 2.45) is 0 Å². The molecule has 1 aromatic rings. The molecular formula is C4H3Cl2N3O2. The first-order valence-electron chi connectivity index (χ1n) is 2.56. The molecule has 0 atom stereocenters. The van der Waals surface area contributed by atoms with Crippen molar-refractivity contribution >= 4 is 29.2 Å². The van der Waals surface area contributed by atoms with Gasteiger partial charge in [0.15, 0.2) is 0 Å². The van der Waals surface area contributed by atoms with E-state index in [1.54, 1.807) is 0 Å². The molecule has 0 radical (unpaired) electrons. The van der Waals surface area contributed by atoms with Gasteiger partial charge in [-0.15, -0.1) is 5.10 Å². The van der Waals surface area contributed by atoms with E-state index in [1.807, 2.05) is 0 Å². The maximum atomic E-state index is 10.6. The van der Waals surface area contributed by atoms with Gasteiger partial charge in [-0.05, 0) is 0 Å². The number of alkyl halides is 2. The lowest BCUT2D eigenvalue weighted by Gasteiger charge is -1.97. The van der Waals surface area contributed by atoms with Crippen molar-refractivity contribution in [3.63, 3.8) is 0 Å². The second kappa shape index (κ2) is 3.54. The molecule has 0 saturated carbocycles. The molecule has 0 aliphatic carbocycles. The van der Waals surface area contributed by atoms with E-state index in [4.69, 9.17) is 23.2 Å². The number of esters is 1. The molecule has 11 heavy (non-hydrogen) atoms. The molecule has 5 nitrogen and oxygen atoms in total. The van der Waals surface area contributed by atoms with Crippen molar-refractivity contribution in [2.75, 3.05) is 0 Å². The van der Waals surface area contributed by atoms with E-state index in [-0.39, 0.29) is 5.88 Å². The first kappa shape index (κ1) is 8.29. The quantitative estimate of drug-likeness (QED) is 0.552. The normalized spacial score (nSPS) is 10.1. The van der Waals surface area contributed by atoms with Crippen LogP contribution in [0.2, 0.25) is 0 Å². The molecular weight excluding hydrogens is 193 g/mol. The Morgan fingerprint density at radius 2 is 2.45 bits per heavy atom. The fraction of sp³-hybridized carbons (Fsp3) is 0.250. The zero-order valence-corrected chi connectivity index (χ0v) is 6.63. The lowest BCUT2D eigenvalue weighted by molar-refractivity contribution is -0.132. The number of aromatic amines is 1. The predicted molar refractivity (Wildman–Crippen MR) is 37.5 cm³/mol. The van der Waals surface area contributed by atoms with Crippen molar-refractivity contribution < 1.29 is 9.53 Å².